The van der Waals surface area contributed by atoms with Gasteiger partial charge in [0, 0.05) is 24.7 Å². The van der Waals surface area contributed by atoms with Gasteiger partial charge >= 0.3 is 0 Å². The number of nitrogens with zero attached hydrogens (tertiary/aromatic N) is 1. The van der Waals surface area contributed by atoms with E-state index in [0.29, 0.717) is 5.69 Å². The van der Waals surface area contributed by atoms with Crippen LogP contribution in [0.1, 0.15) is 18.6 Å². The highest BCUT2D eigenvalue weighted by atomic mass is 32.2. The lowest BCUT2D eigenvalue weighted by atomic mass is 10.0. The SMILES string of the molecule is CC(=O)Nc1ccc(S(=O)(=O)N[C@H](CO)[C@@H](O)c2ccc([N+](=O)[O-])cc2)cc1. The Labute approximate surface area is 161 Å². The Bertz CT molecular complexity index is 944. The van der Waals surface area contributed by atoms with Crippen molar-refractivity contribution in [1.82, 2.24) is 4.72 Å². The van der Waals surface area contributed by atoms with Crippen molar-refractivity contribution in [2.75, 3.05) is 11.9 Å². The maximum atomic E-state index is 12.5. The first-order valence-electron chi connectivity index (χ1n) is 8.07. The van der Waals surface area contributed by atoms with Crippen molar-refractivity contribution >= 4 is 27.3 Å². The van der Waals surface area contributed by atoms with Crippen molar-refractivity contribution in [2.24, 2.45) is 0 Å². The van der Waals surface area contributed by atoms with Gasteiger partial charge in [0.15, 0.2) is 0 Å². The number of nitro groups is 1. The number of hydrogen-bond donors (Lipinski definition) is 4. The summed E-state index contributed by atoms with van der Waals surface area (Å²) in [6.45, 7) is 0.610. The van der Waals surface area contributed by atoms with Gasteiger partial charge in [-0.1, -0.05) is 0 Å². The highest BCUT2D eigenvalue weighted by molar-refractivity contribution is 7.89. The highest BCUT2D eigenvalue weighted by Gasteiger charge is 2.27. The van der Waals surface area contributed by atoms with Crippen LogP contribution >= 0.6 is 0 Å². The quantitative estimate of drug-likeness (QED) is 0.373. The Balaban J connectivity index is 2.17. The van der Waals surface area contributed by atoms with E-state index in [4.69, 9.17) is 0 Å². The maximum absolute atomic E-state index is 12.5. The molecule has 2 atom stereocenters. The molecule has 2 rings (SSSR count). The first-order valence-corrected chi connectivity index (χ1v) is 9.55. The van der Waals surface area contributed by atoms with E-state index in [1.54, 1.807) is 0 Å². The molecule has 11 heteroatoms. The number of anilines is 1. The van der Waals surface area contributed by atoms with E-state index in [1.165, 1.54) is 55.5 Å². The monoisotopic (exact) mass is 409 g/mol. The minimum Gasteiger partial charge on any atom is -0.395 e. The van der Waals surface area contributed by atoms with Crippen molar-refractivity contribution in [3.05, 3.63) is 64.2 Å². The summed E-state index contributed by atoms with van der Waals surface area (Å²) in [5, 5.41) is 33.1. The third kappa shape index (κ3) is 5.33. The zero-order valence-corrected chi connectivity index (χ0v) is 15.6. The van der Waals surface area contributed by atoms with Gasteiger partial charge in [0.25, 0.3) is 5.69 Å². The minimum atomic E-state index is -4.08. The fourth-order valence-electron chi connectivity index (χ4n) is 2.42. The lowest BCUT2D eigenvalue weighted by molar-refractivity contribution is -0.384. The summed E-state index contributed by atoms with van der Waals surface area (Å²) in [7, 11) is -4.08. The van der Waals surface area contributed by atoms with E-state index >= 15 is 0 Å². The summed E-state index contributed by atoms with van der Waals surface area (Å²) in [6.07, 6.45) is -1.43. The fraction of sp³-hybridized carbons (Fsp3) is 0.235. The van der Waals surface area contributed by atoms with Gasteiger partial charge < -0.3 is 15.5 Å². The van der Waals surface area contributed by atoms with E-state index < -0.39 is 33.7 Å². The molecule has 0 unspecified atom stereocenters. The van der Waals surface area contributed by atoms with Crippen LogP contribution in [0.4, 0.5) is 11.4 Å². The summed E-state index contributed by atoms with van der Waals surface area (Å²) in [5.41, 5.74) is 0.431. The lowest BCUT2D eigenvalue weighted by Crippen LogP contribution is -2.41. The first-order chi connectivity index (χ1) is 13.1. The molecule has 2 aromatic carbocycles. The molecule has 28 heavy (non-hydrogen) atoms. The van der Waals surface area contributed by atoms with Crippen molar-refractivity contribution in [1.29, 1.82) is 0 Å². The molecule has 4 N–H and O–H groups in total. The van der Waals surface area contributed by atoms with E-state index in [0.717, 1.165) is 0 Å². The number of amides is 1. The second-order valence-corrected chi connectivity index (χ2v) is 7.62. The molecular formula is C17H19N3O7S. The van der Waals surface area contributed by atoms with Crippen molar-refractivity contribution in [2.45, 2.75) is 24.0 Å². The van der Waals surface area contributed by atoms with Crippen LogP contribution in [-0.4, -0.2) is 42.1 Å². The third-order valence-corrected chi connectivity index (χ3v) is 5.32. The average molecular weight is 409 g/mol. The number of aliphatic hydroxyl groups is 2. The van der Waals surface area contributed by atoms with Crippen LogP contribution in [-0.2, 0) is 14.8 Å². The second kappa shape index (κ2) is 8.89. The standard InChI is InChI=1S/C17H19N3O7S/c1-11(22)18-13-4-8-15(9-5-13)28(26,27)19-16(10-21)17(23)12-2-6-14(7-3-12)20(24)25/h2-9,16-17,19,21,23H,10H2,1H3,(H,18,22)/t16-,17+/m1/s1. The van der Waals surface area contributed by atoms with Gasteiger partial charge in [0.05, 0.1) is 28.6 Å². The average Bonchev–Trinajstić information content (AvgIpc) is 2.65. The normalized spacial score (nSPS) is 13.5. The van der Waals surface area contributed by atoms with Crippen LogP contribution in [0.25, 0.3) is 0 Å². The molecule has 2 aromatic rings. The smallest absolute Gasteiger partial charge is 0.269 e. The van der Waals surface area contributed by atoms with Gasteiger partial charge in [-0.15, -0.1) is 0 Å². The predicted molar refractivity (Wildman–Crippen MR) is 100.0 cm³/mol. The summed E-state index contributed by atoms with van der Waals surface area (Å²) in [6, 6.07) is 8.95. The van der Waals surface area contributed by atoms with Crippen LogP contribution in [0.2, 0.25) is 0 Å². The predicted octanol–water partition coefficient (Wildman–Crippen LogP) is 0.926. The fourth-order valence-corrected chi connectivity index (χ4v) is 3.65. The van der Waals surface area contributed by atoms with E-state index in [9.17, 15) is 33.5 Å². The topological polar surface area (TPSA) is 159 Å². The molecule has 1 amide bonds. The zero-order chi connectivity index (χ0) is 20.9. The molecule has 10 nitrogen and oxygen atoms in total. The number of sulfonamides is 1. The molecular weight excluding hydrogens is 390 g/mol. The third-order valence-electron chi connectivity index (χ3n) is 3.81. The van der Waals surface area contributed by atoms with Crippen molar-refractivity contribution in [3.8, 4) is 0 Å². The van der Waals surface area contributed by atoms with Gasteiger partial charge in [-0.2, -0.15) is 0 Å². The molecule has 0 saturated heterocycles. The van der Waals surface area contributed by atoms with Gasteiger partial charge in [-0.3, -0.25) is 14.9 Å². The maximum Gasteiger partial charge on any atom is 0.269 e. The molecule has 0 aliphatic carbocycles. The van der Waals surface area contributed by atoms with E-state index in [1.807, 2.05) is 0 Å². The van der Waals surface area contributed by atoms with Crippen LogP contribution in [0, 0.1) is 10.1 Å². The summed E-state index contributed by atoms with van der Waals surface area (Å²) in [5.74, 6) is -0.305. The summed E-state index contributed by atoms with van der Waals surface area (Å²) >= 11 is 0. The van der Waals surface area contributed by atoms with Crippen LogP contribution < -0.4 is 10.0 Å². The summed E-state index contributed by atoms with van der Waals surface area (Å²) in [4.78, 5) is 21.0. The molecule has 150 valence electrons. The number of hydrogen-bond acceptors (Lipinski definition) is 7. The van der Waals surface area contributed by atoms with E-state index in [2.05, 4.69) is 10.0 Å². The van der Waals surface area contributed by atoms with Gasteiger partial charge in [0.1, 0.15) is 0 Å². The first kappa shape index (κ1) is 21.4. The molecule has 0 aliphatic heterocycles. The van der Waals surface area contributed by atoms with E-state index in [-0.39, 0.29) is 22.1 Å². The number of carbonyl (C=O) groups excluding carboxylic acids is 1. The Morgan fingerprint density at radius 2 is 1.71 bits per heavy atom. The largest absolute Gasteiger partial charge is 0.395 e. The number of non-ortho nitro benzene ring substituents is 1. The molecule has 0 radical (unpaired) electrons. The number of benzene rings is 2. The number of carbonyl (C=O) groups is 1. The number of nitrogens with one attached hydrogen (secondary N) is 2. The van der Waals surface area contributed by atoms with Crippen LogP contribution in [0.3, 0.4) is 0 Å². The van der Waals surface area contributed by atoms with Gasteiger partial charge in [-0.25, -0.2) is 13.1 Å². The number of rotatable bonds is 8. The number of aliphatic hydroxyl groups excluding tert-OH is 2. The Hall–Kier alpha value is -2.86. The second-order valence-electron chi connectivity index (χ2n) is 5.91. The van der Waals surface area contributed by atoms with Crippen LogP contribution in [0.5, 0.6) is 0 Å². The minimum absolute atomic E-state index is 0.129. The molecule has 0 fully saturated rings. The lowest BCUT2D eigenvalue weighted by Gasteiger charge is -2.22. The molecule has 0 aliphatic rings. The Morgan fingerprint density at radius 3 is 2.18 bits per heavy atom. The van der Waals surface area contributed by atoms with Gasteiger partial charge in [-0.05, 0) is 42.0 Å². The molecule has 0 bridgehead atoms. The molecule has 0 aromatic heterocycles. The highest BCUT2D eigenvalue weighted by Crippen LogP contribution is 2.22. The summed E-state index contributed by atoms with van der Waals surface area (Å²) < 4.78 is 27.2. The number of nitro benzene ring substituents is 1. The molecule has 0 saturated carbocycles. The Morgan fingerprint density at radius 1 is 1.14 bits per heavy atom. The zero-order valence-electron chi connectivity index (χ0n) is 14.8. The van der Waals surface area contributed by atoms with Crippen molar-refractivity contribution < 1.29 is 28.3 Å². The van der Waals surface area contributed by atoms with Crippen LogP contribution in [0.15, 0.2) is 53.4 Å². The van der Waals surface area contributed by atoms with Crippen molar-refractivity contribution in [3.63, 3.8) is 0 Å². The van der Waals surface area contributed by atoms with Gasteiger partial charge in [0.2, 0.25) is 15.9 Å². The molecule has 0 spiro atoms. The Kier molecular flexibility index (Phi) is 6.80. The molecule has 0 heterocycles.